The van der Waals surface area contributed by atoms with Crippen molar-refractivity contribution in [3.63, 3.8) is 0 Å². The fourth-order valence-electron chi connectivity index (χ4n) is 2.26. The van der Waals surface area contributed by atoms with Gasteiger partial charge in [-0.05, 0) is 19.1 Å². The molecule has 0 unspecified atom stereocenters. The molecule has 0 fully saturated rings. The van der Waals surface area contributed by atoms with Gasteiger partial charge >= 0.3 is 5.69 Å². The second-order valence-corrected chi connectivity index (χ2v) is 4.65. The van der Waals surface area contributed by atoms with Gasteiger partial charge in [-0.1, -0.05) is 11.6 Å². The molecule has 17 heavy (non-hydrogen) atoms. The van der Waals surface area contributed by atoms with Crippen molar-refractivity contribution in [3.8, 4) is 0 Å². The van der Waals surface area contributed by atoms with E-state index in [9.17, 15) is 4.79 Å². The first kappa shape index (κ1) is 12.5. The molecule has 6 heteroatoms. The highest BCUT2D eigenvalue weighted by molar-refractivity contribution is 6.32. The maximum absolute atomic E-state index is 11.8. The molecule has 4 nitrogen and oxygen atoms in total. The number of benzene rings is 1. The van der Waals surface area contributed by atoms with Crippen molar-refractivity contribution in [2.24, 2.45) is 0 Å². The van der Waals surface area contributed by atoms with E-state index in [2.05, 4.69) is 17.2 Å². The van der Waals surface area contributed by atoms with Crippen molar-refractivity contribution < 1.29 is 0 Å². The Morgan fingerprint density at radius 2 is 2.24 bits per heavy atom. The summed E-state index contributed by atoms with van der Waals surface area (Å²) in [5.74, 6) is 0. The van der Waals surface area contributed by atoms with Gasteiger partial charge in [0.2, 0.25) is 0 Å². The summed E-state index contributed by atoms with van der Waals surface area (Å²) in [6.45, 7) is 3.44. The van der Waals surface area contributed by atoms with Gasteiger partial charge in [0, 0.05) is 29.7 Å². The van der Waals surface area contributed by atoms with Crippen molar-refractivity contribution in [3.05, 3.63) is 33.2 Å². The third-order valence-electron chi connectivity index (χ3n) is 3.07. The highest BCUT2D eigenvalue weighted by Gasteiger charge is 2.19. The number of halogens is 2. The highest BCUT2D eigenvalue weighted by atomic mass is 35.5. The van der Waals surface area contributed by atoms with E-state index in [-0.39, 0.29) is 24.1 Å². The van der Waals surface area contributed by atoms with Crippen LogP contribution in [0.3, 0.4) is 0 Å². The van der Waals surface area contributed by atoms with Crippen LogP contribution in [0.1, 0.15) is 12.5 Å². The fourth-order valence-corrected chi connectivity index (χ4v) is 2.48. The molecule has 1 aromatic heterocycles. The van der Waals surface area contributed by atoms with Gasteiger partial charge in [-0.3, -0.25) is 4.57 Å². The largest absolute Gasteiger partial charge is 0.326 e. The van der Waals surface area contributed by atoms with Gasteiger partial charge in [0.25, 0.3) is 0 Å². The van der Waals surface area contributed by atoms with Crippen LogP contribution in [-0.2, 0) is 13.1 Å². The first-order chi connectivity index (χ1) is 7.66. The van der Waals surface area contributed by atoms with Crippen LogP contribution in [0.15, 0.2) is 16.9 Å². The molecule has 1 atom stereocenters. The second-order valence-electron chi connectivity index (χ2n) is 4.24. The highest BCUT2D eigenvalue weighted by Crippen LogP contribution is 2.26. The predicted octanol–water partition coefficient (Wildman–Crippen LogP) is 1.90. The van der Waals surface area contributed by atoms with E-state index >= 15 is 0 Å². The van der Waals surface area contributed by atoms with Gasteiger partial charge in [-0.2, -0.15) is 0 Å². The van der Waals surface area contributed by atoms with Gasteiger partial charge in [0.1, 0.15) is 0 Å². The number of nitrogens with zero attached hydrogens (tertiary/aromatic N) is 1. The number of hydrogen-bond donors (Lipinski definition) is 2. The number of nitrogens with one attached hydrogen (secondary N) is 2. The maximum atomic E-state index is 11.8. The number of aromatic amines is 1. The molecule has 1 aliphatic heterocycles. The summed E-state index contributed by atoms with van der Waals surface area (Å²) >= 11 is 6.17. The molecular weight excluding hydrogens is 261 g/mol. The average Bonchev–Trinajstić information content (AvgIpc) is 2.46. The lowest BCUT2D eigenvalue weighted by atomic mass is 10.2. The molecule has 0 saturated carbocycles. The molecule has 0 amide bonds. The Labute approximate surface area is 109 Å². The fraction of sp³-hybridized carbons (Fsp3) is 0.364. The van der Waals surface area contributed by atoms with Crippen LogP contribution in [0.4, 0.5) is 0 Å². The molecule has 92 valence electrons. The SMILES string of the molecule is C[C@H]1Cn2c(=O)[nH]c3ccc(Cl)c(c32)CN1.Cl. The van der Waals surface area contributed by atoms with Crippen LogP contribution < -0.4 is 11.0 Å². The summed E-state index contributed by atoms with van der Waals surface area (Å²) < 4.78 is 1.77. The minimum absolute atomic E-state index is 0. The van der Waals surface area contributed by atoms with E-state index in [4.69, 9.17) is 11.6 Å². The Morgan fingerprint density at radius 1 is 1.47 bits per heavy atom. The summed E-state index contributed by atoms with van der Waals surface area (Å²) in [5.41, 5.74) is 2.74. The van der Waals surface area contributed by atoms with Crippen molar-refractivity contribution in [2.45, 2.75) is 26.1 Å². The zero-order valence-electron chi connectivity index (χ0n) is 9.29. The normalized spacial score (nSPS) is 18.8. The topological polar surface area (TPSA) is 49.8 Å². The molecule has 1 aromatic carbocycles. The molecule has 0 spiro atoms. The molecule has 3 rings (SSSR count). The number of imidazole rings is 1. The Balaban J connectivity index is 0.00000108. The van der Waals surface area contributed by atoms with Crippen molar-refractivity contribution in [1.29, 1.82) is 0 Å². The van der Waals surface area contributed by atoms with Gasteiger partial charge in [-0.25, -0.2) is 4.79 Å². The Morgan fingerprint density at radius 3 is 3.00 bits per heavy atom. The first-order valence-electron chi connectivity index (χ1n) is 5.30. The molecule has 2 heterocycles. The van der Waals surface area contributed by atoms with Crippen LogP contribution in [0.25, 0.3) is 11.0 Å². The van der Waals surface area contributed by atoms with Crippen LogP contribution in [0.2, 0.25) is 5.02 Å². The smallest absolute Gasteiger partial charge is 0.308 e. The Bertz CT molecular complexity index is 617. The van der Waals surface area contributed by atoms with Crippen LogP contribution >= 0.6 is 24.0 Å². The van der Waals surface area contributed by atoms with Crippen LogP contribution in [0, 0.1) is 0 Å². The number of aromatic nitrogens is 2. The van der Waals surface area contributed by atoms with E-state index in [1.54, 1.807) is 4.57 Å². The maximum Gasteiger partial charge on any atom is 0.326 e. The predicted molar refractivity (Wildman–Crippen MR) is 71.1 cm³/mol. The Hall–Kier alpha value is -0.970. The van der Waals surface area contributed by atoms with E-state index in [1.807, 2.05) is 12.1 Å². The van der Waals surface area contributed by atoms with Crippen molar-refractivity contribution in [1.82, 2.24) is 14.9 Å². The molecule has 0 saturated heterocycles. The summed E-state index contributed by atoms with van der Waals surface area (Å²) in [4.78, 5) is 14.7. The zero-order chi connectivity index (χ0) is 11.3. The lowest BCUT2D eigenvalue weighted by Crippen LogP contribution is -2.30. The molecule has 2 aromatic rings. The van der Waals surface area contributed by atoms with Gasteiger partial charge in [0.15, 0.2) is 0 Å². The average molecular weight is 274 g/mol. The van der Waals surface area contributed by atoms with Gasteiger partial charge in [-0.15, -0.1) is 12.4 Å². The standard InChI is InChI=1S/C11H12ClN3O.ClH/c1-6-5-15-10-7(4-13-6)8(12)2-3-9(10)14-11(15)16;/h2-3,6,13H,4-5H2,1H3,(H,14,16);1H/t6-;/m0./s1. The van der Waals surface area contributed by atoms with Gasteiger partial charge < -0.3 is 10.3 Å². The van der Waals surface area contributed by atoms with E-state index < -0.39 is 0 Å². The number of H-pyrrole nitrogens is 1. The first-order valence-corrected chi connectivity index (χ1v) is 5.68. The number of hydrogen-bond acceptors (Lipinski definition) is 2. The molecule has 2 N–H and O–H groups in total. The van der Waals surface area contributed by atoms with E-state index in [0.717, 1.165) is 16.6 Å². The number of rotatable bonds is 0. The molecule has 0 bridgehead atoms. The molecule has 0 aliphatic carbocycles. The summed E-state index contributed by atoms with van der Waals surface area (Å²) in [6.07, 6.45) is 0. The minimum atomic E-state index is -0.0610. The van der Waals surface area contributed by atoms with Gasteiger partial charge in [0.05, 0.1) is 11.0 Å². The monoisotopic (exact) mass is 273 g/mol. The Kier molecular flexibility index (Phi) is 3.21. The minimum Gasteiger partial charge on any atom is -0.308 e. The van der Waals surface area contributed by atoms with E-state index in [1.165, 1.54) is 0 Å². The molecule has 1 aliphatic rings. The van der Waals surface area contributed by atoms with Crippen LogP contribution in [-0.4, -0.2) is 15.6 Å². The summed E-state index contributed by atoms with van der Waals surface area (Å²) in [7, 11) is 0. The molecule has 0 radical (unpaired) electrons. The third kappa shape index (κ3) is 1.86. The summed E-state index contributed by atoms with van der Waals surface area (Å²) in [6, 6.07) is 3.95. The van der Waals surface area contributed by atoms with Crippen molar-refractivity contribution in [2.75, 3.05) is 0 Å². The van der Waals surface area contributed by atoms with E-state index in [0.29, 0.717) is 18.1 Å². The zero-order valence-corrected chi connectivity index (χ0v) is 10.9. The lowest BCUT2D eigenvalue weighted by molar-refractivity contribution is 0.491. The van der Waals surface area contributed by atoms with Crippen molar-refractivity contribution >= 4 is 35.0 Å². The van der Waals surface area contributed by atoms with Crippen LogP contribution in [0.5, 0.6) is 0 Å². The summed E-state index contributed by atoms with van der Waals surface area (Å²) in [5, 5.41) is 4.06. The quantitative estimate of drug-likeness (QED) is 0.770. The third-order valence-corrected chi connectivity index (χ3v) is 3.42. The second kappa shape index (κ2) is 4.37. The lowest BCUT2D eigenvalue weighted by Gasteiger charge is -2.09. The molecular formula is C11H13Cl2N3O.